The molecule has 11 nitrogen and oxygen atoms in total. The molecule has 0 unspecified atom stereocenters. The van der Waals surface area contributed by atoms with Crippen molar-refractivity contribution in [2.24, 2.45) is 5.14 Å². The largest absolute Gasteiger partial charge is 0.452 e. The van der Waals surface area contributed by atoms with Gasteiger partial charge in [-0.25, -0.2) is 23.3 Å². The summed E-state index contributed by atoms with van der Waals surface area (Å²) >= 11 is 0. The number of nitrogens with zero attached hydrogens (tertiary/aromatic N) is 2. The standard InChI is InChI=1S/C29H24N4O7S/c30-41(38,39)22-14-10-20(11-15-22)31-26(34)17-40-29(35)27-23-5-1-2-7-25(23)32-28-19(4-3-6-24(27)28)16-18-8-12-21(13-9-18)33(36)37/h1-2,5,7-16H,3-4,6,17H2,(H,31,34)(H2,30,38,39)/b19-16-. The molecule has 41 heavy (non-hydrogen) atoms. The lowest BCUT2D eigenvalue weighted by molar-refractivity contribution is -0.384. The van der Waals surface area contributed by atoms with Gasteiger partial charge in [-0.3, -0.25) is 14.9 Å². The van der Waals surface area contributed by atoms with E-state index >= 15 is 0 Å². The molecule has 0 bridgehead atoms. The second kappa shape index (κ2) is 11.3. The van der Waals surface area contributed by atoms with E-state index in [0.29, 0.717) is 46.3 Å². The number of nitro groups is 1. The topological polar surface area (TPSA) is 172 Å². The number of benzene rings is 3. The smallest absolute Gasteiger partial charge is 0.339 e. The van der Waals surface area contributed by atoms with E-state index < -0.39 is 33.4 Å². The number of hydrogen-bond acceptors (Lipinski definition) is 8. The van der Waals surface area contributed by atoms with E-state index in [1.54, 1.807) is 30.3 Å². The number of amides is 1. The molecule has 208 valence electrons. The normalized spacial score (nSPS) is 13.9. The molecule has 0 spiro atoms. The summed E-state index contributed by atoms with van der Waals surface area (Å²) in [4.78, 5) is 41.2. The first-order valence-corrected chi connectivity index (χ1v) is 14.1. The highest BCUT2D eigenvalue weighted by Crippen LogP contribution is 2.36. The van der Waals surface area contributed by atoms with Crippen molar-refractivity contribution in [1.29, 1.82) is 0 Å². The number of carbonyl (C=O) groups excluding carboxylic acids is 2. The Morgan fingerprint density at radius 2 is 1.73 bits per heavy atom. The SMILES string of the molecule is NS(=O)(=O)c1ccc(NC(=O)COC(=O)c2c3c(nc4ccccc24)/C(=C\c2ccc([N+](=O)[O-])cc2)CCC3)cc1. The minimum absolute atomic E-state index is 0.00472. The summed E-state index contributed by atoms with van der Waals surface area (Å²) < 4.78 is 28.3. The summed E-state index contributed by atoms with van der Waals surface area (Å²) in [5, 5.41) is 19.3. The lowest BCUT2D eigenvalue weighted by atomic mass is 9.86. The summed E-state index contributed by atoms with van der Waals surface area (Å²) in [6, 6.07) is 18.7. The second-order valence-corrected chi connectivity index (χ2v) is 11.0. The quantitative estimate of drug-likeness (QED) is 0.186. The number of nitrogens with two attached hydrogens (primary N) is 1. The molecule has 1 heterocycles. The van der Waals surface area contributed by atoms with Gasteiger partial charge in [-0.2, -0.15) is 0 Å². The number of allylic oxidation sites excluding steroid dienone is 1. The molecule has 4 aromatic rings. The van der Waals surface area contributed by atoms with Crippen molar-refractivity contribution in [3.8, 4) is 0 Å². The molecular weight excluding hydrogens is 548 g/mol. The first kappa shape index (κ1) is 27.6. The van der Waals surface area contributed by atoms with Gasteiger partial charge in [0.2, 0.25) is 10.0 Å². The Kier molecular flexibility index (Phi) is 7.60. The molecule has 1 aromatic heterocycles. The third-order valence-corrected chi connectivity index (χ3v) is 7.55. The van der Waals surface area contributed by atoms with Crippen LogP contribution in [0.5, 0.6) is 0 Å². The molecule has 0 radical (unpaired) electrons. The van der Waals surface area contributed by atoms with E-state index in [1.807, 2.05) is 12.1 Å². The van der Waals surface area contributed by atoms with Gasteiger partial charge in [0.25, 0.3) is 11.6 Å². The number of non-ortho nitro benzene ring substituents is 1. The molecule has 0 aliphatic heterocycles. The van der Waals surface area contributed by atoms with Crippen LogP contribution in [0.25, 0.3) is 22.6 Å². The molecule has 1 amide bonds. The highest BCUT2D eigenvalue weighted by Gasteiger charge is 2.26. The minimum Gasteiger partial charge on any atom is -0.452 e. The van der Waals surface area contributed by atoms with Crippen LogP contribution in [0.15, 0.2) is 77.7 Å². The maximum atomic E-state index is 13.4. The first-order chi connectivity index (χ1) is 19.6. The molecule has 12 heteroatoms. The van der Waals surface area contributed by atoms with Crippen molar-refractivity contribution in [2.45, 2.75) is 24.2 Å². The molecule has 1 aliphatic carbocycles. The fraction of sp³-hybridized carbons (Fsp3) is 0.138. The Balaban J connectivity index is 1.40. The summed E-state index contributed by atoms with van der Waals surface area (Å²) in [6.45, 7) is -0.563. The zero-order valence-electron chi connectivity index (χ0n) is 21.6. The summed E-state index contributed by atoms with van der Waals surface area (Å²) in [5.41, 5.74) is 4.26. The van der Waals surface area contributed by atoms with E-state index in [-0.39, 0.29) is 10.6 Å². The van der Waals surface area contributed by atoms with Crippen molar-refractivity contribution in [3.63, 3.8) is 0 Å². The Morgan fingerprint density at radius 3 is 2.41 bits per heavy atom. The second-order valence-electron chi connectivity index (χ2n) is 9.40. The summed E-state index contributed by atoms with van der Waals surface area (Å²) in [5.74, 6) is -1.27. The van der Waals surface area contributed by atoms with Gasteiger partial charge < -0.3 is 10.1 Å². The number of hydrogen-bond donors (Lipinski definition) is 2. The van der Waals surface area contributed by atoms with E-state index in [9.17, 15) is 28.1 Å². The number of anilines is 1. The van der Waals surface area contributed by atoms with E-state index in [2.05, 4.69) is 5.32 Å². The fourth-order valence-electron chi connectivity index (χ4n) is 4.73. The molecule has 0 fully saturated rings. The van der Waals surface area contributed by atoms with Crippen LogP contribution >= 0.6 is 0 Å². The average Bonchev–Trinajstić information content (AvgIpc) is 2.95. The van der Waals surface area contributed by atoms with Crippen LogP contribution in [-0.2, 0) is 26.0 Å². The van der Waals surface area contributed by atoms with Gasteiger partial charge in [0, 0.05) is 23.2 Å². The first-order valence-electron chi connectivity index (χ1n) is 12.6. The molecule has 3 aromatic carbocycles. The van der Waals surface area contributed by atoms with Gasteiger partial charge in [0.15, 0.2) is 6.61 Å². The van der Waals surface area contributed by atoms with Crippen LogP contribution in [0.1, 0.15) is 40.0 Å². The van der Waals surface area contributed by atoms with Crippen molar-refractivity contribution in [1.82, 2.24) is 4.98 Å². The van der Waals surface area contributed by atoms with E-state index in [4.69, 9.17) is 14.9 Å². The van der Waals surface area contributed by atoms with Gasteiger partial charge in [0.05, 0.1) is 26.6 Å². The summed E-state index contributed by atoms with van der Waals surface area (Å²) in [6.07, 6.45) is 3.95. The van der Waals surface area contributed by atoms with Gasteiger partial charge in [-0.05, 0) is 84.5 Å². The molecular formula is C29H24N4O7S. The third kappa shape index (κ3) is 6.13. The number of nitrogens with one attached hydrogen (secondary N) is 1. The number of para-hydroxylation sites is 1. The van der Waals surface area contributed by atoms with E-state index in [0.717, 1.165) is 17.6 Å². The van der Waals surface area contributed by atoms with Crippen molar-refractivity contribution in [3.05, 3.63) is 105 Å². The van der Waals surface area contributed by atoms with Gasteiger partial charge in [0.1, 0.15) is 0 Å². The zero-order valence-corrected chi connectivity index (χ0v) is 22.4. The molecule has 5 rings (SSSR count). The Bertz CT molecular complexity index is 1820. The van der Waals surface area contributed by atoms with Crippen LogP contribution in [0.2, 0.25) is 0 Å². The highest BCUT2D eigenvalue weighted by atomic mass is 32.2. The minimum atomic E-state index is -3.87. The predicted molar refractivity (Wildman–Crippen MR) is 152 cm³/mol. The predicted octanol–water partition coefficient (Wildman–Crippen LogP) is 4.46. The fourth-order valence-corrected chi connectivity index (χ4v) is 5.25. The third-order valence-electron chi connectivity index (χ3n) is 6.62. The number of sulfonamides is 1. The van der Waals surface area contributed by atoms with Crippen LogP contribution in [0.4, 0.5) is 11.4 Å². The number of pyridine rings is 1. The van der Waals surface area contributed by atoms with Gasteiger partial charge in [-0.15, -0.1) is 0 Å². The lowest BCUT2D eigenvalue weighted by Gasteiger charge is -2.22. The van der Waals surface area contributed by atoms with Crippen LogP contribution in [0.3, 0.4) is 0 Å². The van der Waals surface area contributed by atoms with Crippen molar-refractivity contribution >= 4 is 55.8 Å². The van der Waals surface area contributed by atoms with Gasteiger partial charge >= 0.3 is 5.97 Å². The molecule has 3 N–H and O–H groups in total. The Labute approximate surface area is 234 Å². The number of carbonyl (C=O) groups is 2. The molecule has 1 aliphatic rings. The number of aromatic nitrogens is 1. The zero-order chi connectivity index (χ0) is 29.1. The number of fused-ring (bicyclic) bond motifs is 2. The molecule has 0 atom stereocenters. The van der Waals surface area contributed by atoms with Crippen LogP contribution in [-0.4, -0.2) is 36.8 Å². The number of esters is 1. The van der Waals surface area contributed by atoms with Crippen molar-refractivity contribution in [2.75, 3.05) is 11.9 Å². The maximum absolute atomic E-state index is 13.4. The van der Waals surface area contributed by atoms with Crippen molar-refractivity contribution < 1.29 is 27.7 Å². The molecule has 0 saturated carbocycles. The Morgan fingerprint density at radius 1 is 1.02 bits per heavy atom. The lowest BCUT2D eigenvalue weighted by Crippen LogP contribution is -2.22. The van der Waals surface area contributed by atoms with Gasteiger partial charge in [-0.1, -0.05) is 18.2 Å². The number of ether oxygens (including phenoxy) is 1. The Hall–Kier alpha value is -4.94. The summed E-state index contributed by atoms with van der Waals surface area (Å²) in [7, 11) is -3.87. The molecule has 0 saturated heterocycles. The highest BCUT2D eigenvalue weighted by molar-refractivity contribution is 7.89. The number of rotatable bonds is 7. The van der Waals surface area contributed by atoms with E-state index in [1.165, 1.54) is 36.4 Å². The van der Waals surface area contributed by atoms with Crippen LogP contribution in [0, 0.1) is 10.1 Å². The number of primary sulfonamides is 1. The number of nitro benzene ring substituents is 1. The monoisotopic (exact) mass is 572 g/mol. The van der Waals surface area contributed by atoms with Crippen LogP contribution < -0.4 is 10.5 Å². The maximum Gasteiger partial charge on any atom is 0.339 e. The average molecular weight is 573 g/mol.